The van der Waals surface area contributed by atoms with Crippen molar-refractivity contribution < 1.29 is 0 Å². The predicted octanol–water partition coefficient (Wildman–Crippen LogP) is 1.17. The van der Waals surface area contributed by atoms with E-state index in [1.165, 1.54) is 0 Å². The Balaban J connectivity index is 2.80. The Labute approximate surface area is 102 Å². The minimum atomic E-state index is 0.392. The summed E-state index contributed by atoms with van der Waals surface area (Å²) in [7, 11) is 0. The van der Waals surface area contributed by atoms with E-state index in [1.54, 1.807) is 0 Å². The summed E-state index contributed by atoms with van der Waals surface area (Å²) >= 11 is 0. The van der Waals surface area contributed by atoms with E-state index in [0.29, 0.717) is 24.4 Å². The van der Waals surface area contributed by atoms with Crippen molar-refractivity contribution in [2.75, 3.05) is 35.6 Å². The van der Waals surface area contributed by atoms with E-state index in [9.17, 15) is 0 Å². The van der Waals surface area contributed by atoms with Crippen LogP contribution in [0.5, 0.6) is 0 Å². The SMILES string of the molecule is C#CCNc1nc(NCC)nc(NCCC)n1. The first-order chi connectivity index (χ1) is 8.30. The molecule has 0 unspecified atom stereocenters. The summed E-state index contributed by atoms with van der Waals surface area (Å²) in [6.07, 6.45) is 6.19. The molecule has 0 saturated carbocycles. The summed E-state index contributed by atoms with van der Waals surface area (Å²) < 4.78 is 0. The Morgan fingerprint density at radius 2 is 1.59 bits per heavy atom. The van der Waals surface area contributed by atoms with E-state index in [1.807, 2.05) is 6.92 Å². The third-order valence-corrected chi connectivity index (χ3v) is 1.85. The molecule has 0 aliphatic rings. The van der Waals surface area contributed by atoms with Gasteiger partial charge in [-0.1, -0.05) is 12.8 Å². The lowest BCUT2D eigenvalue weighted by atomic mass is 10.5. The van der Waals surface area contributed by atoms with Crippen LogP contribution in [0, 0.1) is 12.3 Å². The molecule has 0 aliphatic carbocycles. The smallest absolute Gasteiger partial charge is 0.230 e. The molecule has 0 bridgehead atoms. The second kappa shape index (κ2) is 7.28. The Morgan fingerprint density at radius 3 is 2.12 bits per heavy atom. The van der Waals surface area contributed by atoms with Gasteiger partial charge in [-0.15, -0.1) is 6.42 Å². The number of terminal acetylenes is 1. The minimum Gasteiger partial charge on any atom is -0.354 e. The van der Waals surface area contributed by atoms with E-state index in [-0.39, 0.29) is 0 Å². The molecule has 0 fully saturated rings. The van der Waals surface area contributed by atoms with Gasteiger partial charge in [0.2, 0.25) is 17.8 Å². The summed E-state index contributed by atoms with van der Waals surface area (Å²) in [5.41, 5.74) is 0. The van der Waals surface area contributed by atoms with E-state index >= 15 is 0 Å². The molecule has 0 atom stereocenters. The largest absolute Gasteiger partial charge is 0.354 e. The van der Waals surface area contributed by atoms with Crippen LogP contribution in [0.2, 0.25) is 0 Å². The highest BCUT2D eigenvalue weighted by Gasteiger charge is 2.04. The monoisotopic (exact) mass is 234 g/mol. The number of hydrogen-bond donors (Lipinski definition) is 3. The second-order valence-corrected chi connectivity index (χ2v) is 3.32. The lowest BCUT2D eigenvalue weighted by molar-refractivity contribution is 0.935. The van der Waals surface area contributed by atoms with Crippen molar-refractivity contribution in [3.8, 4) is 12.3 Å². The summed E-state index contributed by atoms with van der Waals surface area (Å²) in [5.74, 6) is 4.05. The molecular formula is C11H18N6. The van der Waals surface area contributed by atoms with Gasteiger partial charge in [0, 0.05) is 13.1 Å². The molecule has 1 aromatic rings. The Morgan fingerprint density at radius 1 is 1.00 bits per heavy atom. The van der Waals surface area contributed by atoms with Crippen LogP contribution in [-0.2, 0) is 0 Å². The average Bonchev–Trinajstić information content (AvgIpc) is 2.34. The number of aromatic nitrogens is 3. The highest BCUT2D eigenvalue weighted by molar-refractivity contribution is 5.42. The van der Waals surface area contributed by atoms with E-state index in [0.717, 1.165) is 19.5 Å². The van der Waals surface area contributed by atoms with Gasteiger partial charge in [-0.2, -0.15) is 15.0 Å². The van der Waals surface area contributed by atoms with Gasteiger partial charge in [0.15, 0.2) is 0 Å². The minimum absolute atomic E-state index is 0.392. The zero-order valence-electron chi connectivity index (χ0n) is 10.2. The van der Waals surface area contributed by atoms with Crippen LogP contribution in [0.1, 0.15) is 20.3 Å². The molecule has 0 amide bonds. The standard InChI is InChI=1S/C11H18N6/c1-4-7-13-10-15-9(12-6-3)16-11(17-10)14-8-5-2/h1H,5-8H2,2-3H3,(H3,12,13,14,15,16,17). The maximum atomic E-state index is 5.18. The van der Waals surface area contributed by atoms with Crippen LogP contribution in [0.3, 0.4) is 0 Å². The molecule has 1 aromatic heterocycles. The highest BCUT2D eigenvalue weighted by Crippen LogP contribution is 2.08. The first kappa shape index (κ1) is 13.0. The molecule has 1 heterocycles. The van der Waals surface area contributed by atoms with Gasteiger partial charge < -0.3 is 16.0 Å². The third-order valence-electron chi connectivity index (χ3n) is 1.85. The van der Waals surface area contributed by atoms with Gasteiger partial charge in [0.05, 0.1) is 6.54 Å². The molecule has 92 valence electrons. The molecule has 0 aromatic carbocycles. The van der Waals surface area contributed by atoms with Crippen LogP contribution < -0.4 is 16.0 Å². The molecule has 1 rings (SSSR count). The normalized spacial score (nSPS) is 9.47. The molecule has 3 N–H and O–H groups in total. The van der Waals surface area contributed by atoms with Gasteiger partial charge in [-0.05, 0) is 13.3 Å². The van der Waals surface area contributed by atoms with E-state index < -0.39 is 0 Å². The molecule has 17 heavy (non-hydrogen) atoms. The fraction of sp³-hybridized carbons (Fsp3) is 0.545. The lowest BCUT2D eigenvalue weighted by Crippen LogP contribution is -2.12. The number of hydrogen-bond acceptors (Lipinski definition) is 6. The second-order valence-electron chi connectivity index (χ2n) is 3.32. The molecule has 6 heteroatoms. The Hall–Kier alpha value is -2.03. The Bertz CT molecular complexity index is 384. The number of nitrogens with zero attached hydrogens (tertiary/aromatic N) is 3. The molecule has 0 aliphatic heterocycles. The zero-order chi connectivity index (χ0) is 12.5. The van der Waals surface area contributed by atoms with Crippen molar-refractivity contribution in [3.63, 3.8) is 0 Å². The molecule has 0 radical (unpaired) electrons. The van der Waals surface area contributed by atoms with Crippen LogP contribution in [-0.4, -0.2) is 34.6 Å². The van der Waals surface area contributed by atoms with Crippen molar-refractivity contribution in [2.24, 2.45) is 0 Å². The fourth-order valence-corrected chi connectivity index (χ4v) is 1.14. The summed E-state index contributed by atoms with van der Waals surface area (Å²) in [6.45, 7) is 6.03. The number of anilines is 3. The molecule has 0 spiro atoms. The summed E-state index contributed by atoms with van der Waals surface area (Å²) in [4.78, 5) is 12.6. The molecule has 0 saturated heterocycles. The van der Waals surface area contributed by atoms with Crippen LogP contribution in [0.25, 0.3) is 0 Å². The maximum Gasteiger partial charge on any atom is 0.230 e. The van der Waals surface area contributed by atoms with Gasteiger partial charge in [-0.3, -0.25) is 0 Å². The van der Waals surface area contributed by atoms with E-state index in [2.05, 4.69) is 43.7 Å². The van der Waals surface area contributed by atoms with Crippen molar-refractivity contribution in [3.05, 3.63) is 0 Å². The van der Waals surface area contributed by atoms with Crippen molar-refractivity contribution in [1.82, 2.24) is 15.0 Å². The zero-order valence-corrected chi connectivity index (χ0v) is 10.2. The highest BCUT2D eigenvalue weighted by atomic mass is 15.3. The quantitative estimate of drug-likeness (QED) is 0.615. The first-order valence-electron chi connectivity index (χ1n) is 5.71. The van der Waals surface area contributed by atoms with E-state index in [4.69, 9.17) is 6.42 Å². The van der Waals surface area contributed by atoms with Gasteiger partial charge in [-0.25, -0.2) is 0 Å². The van der Waals surface area contributed by atoms with Crippen LogP contribution in [0.4, 0.5) is 17.8 Å². The van der Waals surface area contributed by atoms with Crippen molar-refractivity contribution >= 4 is 17.8 Å². The number of nitrogens with one attached hydrogen (secondary N) is 3. The summed E-state index contributed by atoms with van der Waals surface area (Å²) in [5, 5.41) is 9.09. The topological polar surface area (TPSA) is 74.8 Å². The van der Waals surface area contributed by atoms with Crippen molar-refractivity contribution in [1.29, 1.82) is 0 Å². The first-order valence-corrected chi connectivity index (χ1v) is 5.71. The average molecular weight is 234 g/mol. The van der Waals surface area contributed by atoms with Crippen molar-refractivity contribution in [2.45, 2.75) is 20.3 Å². The van der Waals surface area contributed by atoms with Gasteiger partial charge >= 0.3 is 0 Å². The lowest BCUT2D eigenvalue weighted by Gasteiger charge is -2.08. The van der Waals surface area contributed by atoms with Crippen LogP contribution >= 0.6 is 0 Å². The Kier molecular flexibility index (Phi) is 5.58. The summed E-state index contributed by atoms with van der Waals surface area (Å²) in [6, 6.07) is 0. The predicted molar refractivity (Wildman–Crippen MR) is 70.1 cm³/mol. The fourth-order valence-electron chi connectivity index (χ4n) is 1.14. The van der Waals surface area contributed by atoms with Gasteiger partial charge in [0.1, 0.15) is 0 Å². The van der Waals surface area contributed by atoms with Gasteiger partial charge in [0.25, 0.3) is 0 Å². The number of rotatable bonds is 7. The molecule has 6 nitrogen and oxygen atoms in total. The third kappa shape index (κ3) is 4.55. The molecular weight excluding hydrogens is 216 g/mol. The van der Waals surface area contributed by atoms with Crippen LogP contribution in [0.15, 0.2) is 0 Å². The maximum absolute atomic E-state index is 5.18.